The van der Waals surface area contributed by atoms with Gasteiger partial charge in [-0.15, -0.1) is 0 Å². The molecule has 2 heterocycles. The fraction of sp³-hybridized carbons (Fsp3) is 0.357. The molecule has 0 fully saturated rings. The summed E-state index contributed by atoms with van der Waals surface area (Å²) in [4.78, 5) is 23.0. The molecule has 104 valence electrons. The van der Waals surface area contributed by atoms with Crippen molar-refractivity contribution < 1.29 is 14.3 Å². The van der Waals surface area contributed by atoms with Crippen LogP contribution in [-0.2, 0) is 16.0 Å². The van der Waals surface area contributed by atoms with Gasteiger partial charge >= 0.3 is 0 Å². The van der Waals surface area contributed by atoms with E-state index in [0.29, 0.717) is 25.2 Å². The highest BCUT2D eigenvalue weighted by atomic mass is 16.5. The van der Waals surface area contributed by atoms with Gasteiger partial charge in [-0.1, -0.05) is 18.2 Å². The molecule has 6 heteroatoms. The van der Waals surface area contributed by atoms with Gasteiger partial charge < -0.3 is 10.1 Å². The van der Waals surface area contributed by atoms with Crippen molar-refractivity contribution in [2.24, 2.45) is 5.10 Å². The lowest BCUT2D eigenvalue weighted by Gasteiger charge is -2.26. The fourth-order valence-corrected chi connectivity index (χ4v) is 2.33. The third-order valence-corrected chi connectivity index (χ3v) is 3.38. The van der Waals surface area contributed by atoms with Crippen molar-refractivity contribution in [2.75, 3.05) is 6.61 Å². The lowest BCUT2D eigenvalue weighted by molar-refractivity contribution is -0.121. The minimum atomic E-state index is -0.238. The smallest absolute Gasteiger partial charge is 0.267 e. The van der Waals surface area contributed by atoms with E-state index in [4.69, 9.17) is 4.74 Å². The Morgan fingerprint density at radius 1 is 1.35 bits per heavy atom. The molecule has 0 spiro atoms. The normalized spacial score (nSPS) is 21.1. The van der Waals surface area contributed by atoms with Gasteiger partial charge in [0.25, 0.3) is 5.91 Å². The number of fused-ring (bicyclic) bond motifs is 1. The lowest BCUT2D eigenvalue weighted by atomic mass is 10.0. The number of para-hydroxylation sites is 1. The number of hydrogen-bond acceptors (Lipinski definition) is 4. The van der Waals surface area contributed by atoms with Gasteiger partial charge in [-0.3, -0.25) is 9.59 Å². The van der Waals surface area contributed by atoms with E-state index in [0.717, 1.165) is 17.7 Å². The first-order valence-electron chi connectivity index (χ1n) is 6.59. The van der Waals surface area contributed by atoms with Crippen LogP contribution < -0.4 is 15.5 Å². The minimum Gasteiger partial charge on any atom is -0.491 e. The molecule has 2 aliphatic heterocycles. The van der Waals surface area contributed by atoms with Crippen LogP contribution >= 0.6 is 0 Å². The number of amides is 2. The Hall–Kier alpha value is -2.37. The summed E-state index contributed by atoms with van der Waals surface area (Å²) in [5.74, 6) is 0.481. The van der Waals surface area contributed by atoms with Crippen LogP contribution in [0.3, 0.4) is 0 Å². The van der Waals surface area contributed by atoms with Crippen LogP contribution in [0.15, 0.2) is 29.4 Å². The molecule has 3 rings (SSSR count). The van der Waals surface area contributed by atoms with Crippen LogP contribution in [0.1, 0.15) is 18.4 Å². The van der Waals surface area contributed by atoms with Crippen LogP contribution in [0.4, 0.5) is 0 Å². The van der Waals surface area contributed by atoms with E-state index in [1.54, 1.807) is 0 Å². The van der Waals surface area contributed by atoms with Gasteiger partial charge in [-0.2, -0.15) is 5.10 Å². The molecular formula is C14H15N3O3. The number of hydrazone groups is 1. The van der Waals surface area contributed by atoms with Crippen molar-refractivity contribution >= 4 is 17.5 Å². The Morgan fingerprint density at radius 2 is 2.20 bits per heavy atom. The summed E-state index contributed by atoms with van der Waals surface area (Å²) in [5, 5.41) is 6.68. The van der Waals surface area contributed by atoms with Crippen LogP contribution in [0.2, 0.25) is 0 Å². The van der Waals surface area contributed by atoms with Gasteiger partial charge in [-0.05, 0) is 18.1 Å². The van der Waals surface area contributed by atoms with Crippen molar-refractivity contribution in [1.29, 1.82) is 0 Å². The molecule has 2 N–H and O–H groups in total. The van der Waals surface area contributed by atoms with E-state index in [9.17, 15) is 9.59 Å². The van der Waals surface area contributed by atoms with E-state index in [2.05, 4.69) is 15.8 Å². The van der Waals surface area contributed by atoms with Crippen molar-refractivity contribution in [3.8, 4) is 5.75 Å². The van der Waals surface area contributed by atoms with Crippen LogP contribution in [0.5, 0.6) is 5.75 Å². The van der Waals surface area contributed by atoms with Gasteiger partial charge in [0.15, 0.2) is 0 Å². The largest absolute Gasteiger partial charge is 0.491 e. The monoisotopic (exact) mass is 273 g/mol. The molecule has 2 amide bonds. The maximum Gasteiger partial charge on any atom is 0.267 e. The number of rotatable bonds is 2. The van der Waals surface area contributed by atoms with E-state index < -0.39 is 0 Å². The fourth-order valence-electron chi connectivity index (χ4n) is 2.33. The summed E-state index contributed by atoms with van der Waals surface area (Å²) >= 11 is 0. The Bertz CT molecular complexity index is 583. The van der Waals surface area contributed by atoms with Crippen molar-refractivity contribution in [2.45, 2.75) is 25.3 Å². The third kappa shape index (κ3) is 2.64. The summed E-state index contributed by atoms with van der Waals surface area (Å²) in [6.07, 6.45) is 1.42. The van der Waals surface area contributed by atoms with Gasteiger partial charge in [0, 0.05) is 12.8 Å². The maximum atomic E-state index is 12.0. The predicted molar refractivity (Wildman–Crippen MR) is 72.4 cm³/mol. The zero-order valence-electron chi connectivity index (χ0n) is 10.9. The number of nitrogens with one attached hydrogen (secondary N) is 2. The summed E-state index contributed by atoms with van der Waals surface area (Å²) in [6, 6.07) is 7.72. The van der Waals surface area contributed by atoms with Gasteiger partial charge in [0.05, 0.1) is 6.04 Å². The molecular weight excluding hydrogens is 258 g/mol. The van der Waals surface area contributed by atoms with Gasteiger partial charge in [0.1, 0.15) is 18.1 Å². The standard InChI is InChI=1S/C14H15N3O3/c18-13-6-5-11(16-17-13)14(19)15-10-7-9-3-1-2-4-12(9)20-8-10/h1-4,10H,5-8H2,(H,15,19)(H,17,18)/t10-/m1/s1. The molecule has 0 saturated heterocycles. The molecule has 20 heavy (non-hydrogen) atoms. The number of carbonyl (C=O) groups is 2. The molecule has 0 unspecified atom stereocenters. The van der Waals surface area contributed by atoms with E-state index in [1.807, 2.05) is 24.3 Å². The topological polar surface area (TPSA) is 79.8 Å². The quantitative estimate of drug-likeness (QED) is 0.817. The molecule has 0 bridgehead atoms. The first-order chi connectivity index (χ1) is 9.72. The first kappa shape index (κ1) is 12.7. The lowest BCUT2D eigenvalue weighted by Crippen LogP contribution is -2.46. The van der Waals surface area contributed by atoms with E-state index in [1.165, 1.54) is 0 Å². The van der Waals surface area contributed by atoms with Crippen molar-refractivity contribution in [3.63, 3.8) is 0 Å². The second-order valence-electron chi connectivity index (χ2n) is 4.89. The Kier molecular flexibility index (Phi) is 3.37. The average Bonchev–Trinajstić information content (AvgIpc) is 2.48. The SMILES string of the molecule is O=C1CCC(C(=O)N[C@H]2COc3ccccc3C2)=NN1. The molecule has 1 aromatic carbocycles. The van der Waals surface area contributed by atoms with Crippen LogP contribution in [0.25, 0.3) is 0 Å². The molecule has 0 radical (unpaired) electrons. The van der Waals surface area contributed by atoms with Gasteiger partial charge in [0.2, 0.25) is 5.91 Å². The second kappa shape index (κ2) is 5.32. The Balaban J connectivity index is 1.62. The second-order valence-corrected chi connectivity index (χ2v) is 4.89. The molecule has 1 atom stereocenters. The van der Waals surface area contributed by atoms with Crippen molar-refractivity contribution in [3.05, 3.63) is 29.8 Å². The highest BCUT2D eigenvalue weighted by Crippen LogP contribution is 2.23. The van der Waals surface area contributed by atoms with E-state index in [-0.39, 0.29) is 17.9 Å². The maximum absolute atomic E-state index is 12.0. The Morgan fingerprint density at radius 3 is 3.00 bits per heavy atom. The zero-order valence-corrected chi connectivity index (χ0v) is 10.9. The van der Waals surface area contributed by atoms with Gasteiger partial charge in [-0.25, -0.2) is 5.43 Å². The highest BCUT2D eigenvalue weighted by Gasteiger charge is 2.24. The summed E-state index contributed by atoms with van der Waals surface area (Å²) in [7, 11) is 0. The molecule has 2 aliphatic rings. The Labute approximate surface area is 116 Å². The van der Waals surface area contributed by atoms with E-state index >= 15 is 0 Å². The predicted octanol–water partition coefficient (Wildman–Crippen LogP) is 0.372. The summed E-state index contributed by atoms with van der Waals surface area (Å²) in [6.45, 7) is 0.447. The molecule has 0 aromatic heterocycles. The number of hydrogen-bond donors (Lipinski definition) is 2. The number of ether oxygens (including phenoxy) is 1. The third-order valence-electron chi connectivity index (χ3n) is 3.38. The number of nitrogens with zero attached hydrogens (tertiary/aromatic N) is 1. The number of carbonyl (C=O) groups excluding carboxylic acids is 2. The number of benzene rings is 1. The highest BCUT2D eigenvalue weighted by molar-refractivity contribution is 6.39. The molecule has 0 aliphatic carbocycles. The van der Waals surface area contributed by atoms with Crippen LogP contribution in [0, 0.1) is 0 Å². The first-order valence-corrected chi connectivity index (χ1v) is 6.59. The minimum absolute atomic E-state index is 0.0715. The molecule has 6 nitrogen and oxygen atoms in total. The van der Waals surface area contributed by atoms with Crippen LogP contribution in [-0.4, -0.2) is 30.2 Å². The summed E-state index contributed by atoms with van der Waals surface area (Å²) in [5.41, 5.74) is 3.77. The summed E-state index contributed by atoms with van der Waals surface area (Å²) < 4.78 is 5.62. The molecule has 0 saturated carbocycles. The zero-order chi connectivity index (χ0) is 13.9. The molecule has 1 aromatic rings. The average molecular weight is 273 g/mol. The van der Waals surface area contributed by atoms with Crippen molar-refractivity contribution in [1.82, 2.24) is 10.7 Å².